The topological polar surface area (TPSA) is 104 Å². The predicted octanol–water partition coefficient (Wildman–Crippen LogP) is 2.25. The van der Waals surface area contributed by atoms with Gasteiger partial charge in [0.05, 0.1) is 19.9 Å². The van der Waals surface area contributed by atoms with E-state index in [2.05, 4.69) is 28.3 Å². The van der Waals surface area contributed by atoms with Crippen molar-refractivity contribution in [3.63, 3.8) is 0 Å². The van der Waals surface area contributed by atoms with E-state index in [0.29, 0.717) is 24.3 Å². The monoisotopic (exact) mass is 398 g/mol. The third kappa shape index (κ3) is 5.46. The number of carbonyl (C=O) groups is 1. The summed E-state index contributed by atoms with van der Waals surface area (Å²) in [7, 11) is 1.47. The Morgan fingerprint density at radius 2 is 2.07 bits per heavy atom. The molecule has 8 nitrogen and oxygen atoms in total. The maximum Gasteiger partial charge on any atom is 0.258 e. The van der Waals surface area contributed by atoms with Gasteiger partial charge in [0.1, 0.15) is 11.8 Å². The number of hydrazine groups is 1. The van der Waals surface area contributed by atoms with Gasteiger partial charge in [-0.1, -0.05) is 19.1 Å². The fourth-order valence-corrected chi connectivity index (χ4v) is 2.99. The zero-order valence-electron chi connectivity index (χ0n) is 16.5. The lowest BCUT2D eigenvalue weighted by Gasteiger charge is -2.11. The van der Waals surface area contributed by atoms with Crippen LogP contribution in [-0.2, 0) is 4.79 Å². The van der Waals surface area contributed by atoms with E-state index in [-0.39, 0.29) is 17.7 Å². The Kier molecular flexibility index (Phi) is 7.04. The van der Waals surface area contributed by atoms with Gasteiger partial charge in [0.15, 0.2) is 11.5 Å². The third-order valence-electron chi connectivity index (χ3n) is 4.57. The molecule has 0 aliphatic carbocycles. The maximum atomic E-state index is 12.3. The van der Waals surface area contributed by atoms with Crippen LogP contribution in [0.15, 0.2) is 47.6 Å². The molecule has 3 rings (SSSR count). The molecule has 0 spiro atoms. The summed E-state index contributed by atoms with van der Waals surface area (Å²) >= 11 is 0. The van der Waals surface area contributed by atoms with E-state index in [1.807, 2.05) is 24.3 Å². The number of ether oxygens (including phenoxy) is 2. The molecule has 2 aromatic carbocycles. The zero-order valence-corrected chi connectivity index (χ0v) is 16.5. The highest BCUT2D eigenvalue weighted by Crippen LogP contribution is 2.26. The molecule has 0 aromatic heterocycles. The number of carbonyl (C=O) groups excluding carboxylic acids is 1. The fraction of sp³-hybridized carbons (Fsp3) is 0.333. The Hall–Kier alpha value is -3.10. The molecule has 1 heterocycles. The van der Waals surface area contributed by atoms with Crippen LogP contribution in [0.2, 0.25) is 0 Å². The van der Waals surface area contributed by atoms with Gasteiger partial charge in [-0.3, -0.25) is 4.79 Å². The van der Waals surface area contributed by atoms with Crippen LogP contribution < -0.4 is 25.8 Å². The SMILES string of the molecule is CCCOc1ccc(C2CC(C(=O)N/N=C/c3ccc(O)c(OC)c3)NN2)cc1. The molecule has 1 aliphatic rings. The summed E-state index contributed by atoms with van der Waals surface area (Å²) in [5, 5.41) is 13.6. The minimum atomic E-state index is -0.400. The molecule has 2 atom stereocenters. The van der Waals surface area contributed by atoms with Crippen molar-refractivity contribution in [3.8, 4) is 17.2 Å². The smallest absolute Gasteiger partial charge is 0.258 e. The number of phenolic OH excluding ortho intramolecular Hbond substituents is 1. The summed E-state index contributed by atoms with van der Waals surface area (Å²) in [4.78, 5) is 12.3. The average Bonchev–Trinajstić information content (AvgIpc) is 3.24. The highest BCUT2D eigenvalue weighted by Gasteiger charge is 2.30. The van der Waals surface area contributed by atoms with E-state index < -0.39 is 6.04 Å². The van der Waals surface area contributed by atoms with Crippen molar-refractivity contribution in [2.45, 2.75) is 31.8 Å². The molecule has 8 heteroatoms. The number of nitrogens with zero attached hydrogens (tertiary/aromatic N) is 1. The van der Waals surface area contributed by atoms with Crippen molar-refractivity contribution in [2.24, 2.45) is 5.10 Å². The Bertz CT molecular complexity index is 854. The van der Waals surface area contributed by atoms with Crippen LogP contribution in [0.5, 0.6) is 17.2 Å². The molecule has 4 N–H and O–H groups in total. The normalized spacial score (nSPS) is 18.7. The van der Waals surface area contributed by atoms with Crippen molar-refractivity contribution in [1.82, 2.24) is 16.3 Å². The third-order valence-corrected chi connectivity index (χ3v) is 4.57. The highest BCUT2D eigenvalue weighted by atomic mass is 16.5. The summed E-state index contributed by atoms with van der Waals surface area (Å²) in [6.07, 6.45) is 3.06. The molecule has 2 unspecified atom stereocenters. The molecule has 0 radical (unpaired) electrons. The van der Waals surface area contributed by atoms with Gasteiger partial charge in [-0.2, -0.15) is 5.10 Å². The van der Waals surface area contributed by atoms with Crippen LogP contribution in [-0.4, -0.2) is 37.0 Å². The predicted molar refractivity (Wildman–Crippen MR) is 110 cm³/mol. The lowest BCUT2D eigenvalue weighted by Crippen LogP contribution is -2.41. The zero-order chi connectivity index (χ0) is 20.6. The summed E-state index contributed by atoms with van der Waals surface area (Å²) < 4.78 is 10.6. The number of aromatic hydroxyl groups is 1. The quantitative estimate of drug-likeness (QED) is 0.402. The first-order chi connectivity index (χ1) is 14.1. The van der Waals surface area contributed by atoms with E-state index in [4.69, 9.17) is 9.47 Å². The van der Waals surface area contributed by atoms with Crippen molar-refractivity contribution in [2.75, 3.05) is 13.7 Å². The van der Waals surface area contributed by atoms with Crippen LogP contribution in [0.1, 0.15) is 36.9 Å². The number of hydrogen-bond acceptors (Lipinski definition) is 7. The van der Waals surface area contributed by atoms with Gasteiger partial charge in [-0.05, 0) is 54.3 Å². The molecule has 1 aliphatic heterocycles. The van der Waals surface area contributed by atoms with Crippen molar-refractivity contribution in [1.29, 1.82) is 0 Å². The van der Waals surface area contributed by atoms with E-state index in [1.54, 1.807) is 12.1 Å². The molecular formula is C21H26N4O4. The van der Waals surface area contributed by atoms with Crippen LogP contribution in [0.25, 0.3) is 0 Å². The average molecular weight is 398 g/mol. The Morgan fingerprint density at radius 1 is 1.28 bits per heavy atom. The van der Waals surface area contributed by atoms with Crippen LogP contribution in [0.3, 0.4) is 0 Å². The molecule has 0 bridgehead atoms. The van der Waals surface area contributed by atoms with Gasteiger partial charge >= 0.3 is 0 Å². The summed E-state index contributed by atoms with van der Waals surface area (Å²) in [6, 6.07) is 12.3. The molecule has 1 saturated heterocycles. The first kappa shape index (κ1) is 20.6. The van der Waals surface area contributed by atoms with Crippen LogP contribution in [0.4, 0.5) is 0 Å². The van der Waals surface area contributed by atoms with Gasteiger partial charge in [0.2, 0.25) is 0 Å². The van der Waals surface area contributed by atoms with Crippen LogP contribution in [0, 0.1) is 0 Å². The number of amides is 1. The van der Waals surface area contributed by atoms with Gasteiger partial charge in [0, 0.05) is 6.04 Å². The number of methoxy groups -OCH3 is 1. The Morgan fingerprint density at radius 3 is 2.79 bits per heavy atom. The molecule has 0 saturated carbocycles. The highest BCUT2D eigenvalue weighted by molar-refractivity contribution is 5.85. The van der Waals surface area contributed by atoms with Gasteiger partial charge in [0.25, 0.3) is 5.91 Å². The standard InChI is InChI=1S/C21H26N4O4/c1-3-10-29-16-7-5-15(6-8-16)17-12-18(24-23-17)21(27)25-22-13-14-4-9-19(26)20(11-14)28-2/h4-9,11,13,17-18,23-24,26H,3,10,12H2,1-2H3,(H,25,27)/b22-13+. The summed E-state index contributed by atoms with van der Waals surface area (Å²) in [5.41, 5.74) is 10.5. The summed E-state index contributed by atoms with van der Waals surface area (Å²) in [5.74, 6) is 1.00. The van der Waals surface area contributed by atoms with E-state index in [9.17, 15) is 9.90 Å². The largest absolute Gasteiger partial charge is 0.504 e. The second-order valence-corrected chi connectivity index (χ2v) is 6.71. The van der Waals surface area contributed by atoms with Gasteiger partial charge in [-0.25, -0.2) is 16.3 Å². The number of hydrazone groups is 1. The minimum Gasteiger partial charge on any atom is -0.504 e. The molecule has 29 heavy (non-hydrogen) atoms. The maximum absolute atomic E-state index is 12.3. The van der Waals surface area contributed by atoms with Crippen molar-refractivity contribution >= 4 is 12.1 Å². The lowest BCUT2D eigenvalue weighted by molar-refractivity contribution is -0.122. The molecule has 1 fully saturated rings. The number of rotatable bonds is 8. The van der Waals surface area contributed by atoms with E-state index in [0.717, 1.165) is 17.7 Å². The van der Waals surface area contributed by atoms with Gasteiger partial charge in [-0.15, -0.1) is 0 Å². The fourth-order valence-electron chi connectivity index (χ4n) is 2.99. The summed E-state index contributed by atoms with van der Waals surface area (Å²) in [6.45, 7) is 2.77. The second-order valence-electron chi connectivity index (χ2n) is 6.71. The van der Waals surface area contributed by atoms with Gasteiger partial charge < -0.3 is 14.6 Å². The molecule has 2 aromatic rings. The lowest BCUT2D eigenvalue weighted by atomic mass is 10.0. The Labute approximate surface area is 169 Å². The number of hydrogen-bond donors (Lipinski definition) is 4. The molecule has 154 valence electrons. The number of benzene rings is 2. The van der Waals surface area contributed by atoms with Crippen molar-refractivity contribution in [3.05, 3.63) is 53.6 Å². The minimum absolute atomic E-state index is 0.0244. The first-order valence-corrected chi connectivity index (χ1v) is 9.54. The second kappa shape index (κ2) is 9.90. The van der Waals surface area contributed by atoms with E-state index >= 15 is 0 Å². The molecular weight excluding hydrogens is 372 g/mol. The number of nitrogens with one attached hydrogen (secondary N) is 3. The van der Waals surface area contributed by atoms with Crippen LogP contribution >= 0.6 is 0 Å². The first-order valence-electron chi connectivity index (χ1n) is 9.54. The number of phenols is 1. The van der Waals surface area contributed by atoms with Crippen molar-refractivity contribution < 1.29 is 19.4 Å². The molecule has 1 amide bonds. The van der Waals surface area contributed by atoms with E-state index in [1.165, 1.54) is 19.4 Å². The Balaban J connectivity index is 1.51.